The Morgan fingerprint density at radius 3 is 2.53 bits per heavy atom. The fourth-order valence-corrected chi connectivity index (χ4v) is 2.37. The molecular weight excluding hydrogens is 286 g/mol. The van der Waals surface area contributed by atoms with Crippen molar-refractivity contribution in [2.45, 2.75) is 4.90 Å². The van der Waals surface area contributed by atoms with E-state index in [1.54, 1.807) is 0 Å². The van der Waals surface area contributed by atoms with Crippen LogP contribution in [0.5, 0.6) is 0 Å². The third kappa shape index (κ3) is 2.42. The summed E-state index contributed by atoms with van der Waals surface area (Å²) in [4.78, 5) is 9.48. The van der Waals surface area contributed by atoms with Crippen molar-refractivity contribution in [2.75, 3.05) is 0 Å². The van der Waals surface area contributed by atoms with E-state index in [0.717, 1.165) is 6.07 Å². The molecule has 0 aliphatic rings. The van der Waals surface area contributed by atoms with Gasteiger partial charge < -0.3 is 0 Å². The van der Waals surface area contributed by atoms with E-state index in [-0.39, 0.29) is 4.90 Å². The second kappa shape index (κ2) is 4.11. The van der Waals surface area contributed by atoms with Crippen LogP contribution in [0.3, 0.4) is 0 Å². The second-order valence-corrected chi connectivity index (χ2v) is 5.36. The molecule has 0 radical (unpaired) electrons. The van der Waals surface area contributed by atoms with Gasteiger partial charge in [-0.05, 0) is 12.1 Å². The summed E-state index contributed by atoms with van der Waals surface area (Å²) in [7, 11) is -3.80. The van der Waals surface area contributed by atoms with Gasteiger partial charge in [-0.1, -0.05) is 22.5 Å². The Hall–Kier alpha value is -1.21. The quantitative estimate of drug-likeness (QED) is 0.632. The summed E-state index contributed by atoms with van der Waals surface area (Å²) in [5, 5.41) is 11.3. The fraction of sp³-hybridized carbons (Fsp3) is 0. The number of hydrogen-bond acceptors (Lipinski definition) is 4. The number of hydrogen-bond donors (Lipinski definition) is 0. The molecule has 0 aliphatic carbocycles. The molecule has 0 unspecified atom stereocenters. The van der Waals surface area contributed by atoms with Crippen LogP contribution < -0.4 is 0 Å². The van der Waals surface area contributed by atoms with Crippen molar-refractivity contribution < 1.29 is 13.3 Å². The van der Waals surface area contributed by atoms with Gasteiger partial charge in [0.2, 0.25) is 9.84 Å². The summed E-state index contributed by atoms with van der Waals surface area (Å²) in [6, 6.07) is 3.70. The first-order valence-corrected chi connectivity index (χ1v) is 6.04. The molecular formula is C8H6BrNO4S. The average molecular weight is 292 g/mol. The minimum atomic E-state index is -3.80. The van der Waals surface area contributed by atoms with Crippen LogP contribution in [0.25, 0.3) is 0 Å². The average Bonchev–Trinajstić information content (AvgIpc) is 2.17. The molecule has 1 aromatic rings. The molecule has 0 saturated heterocycles. The molecule has 0 spiro atoms. The van der Waals surface area contributed by atoms with Gasteiger partial charge in [0, 0.05) is 15.9 Å². The maximum absolute atomic E-state index is 11.4. The molecule has 7 heteroatoms. The number of rotatable bonds is 3. The van der Waals surface area contributed by atoms with E-state index in [0.29, 0.717) is 9.88 Å². The number of nitro groups is 1. The van der Waals surface area contributed by atoms with Crippen LogP contribution in [0, 0.1) is 10.1 Å². The molecule has 0 N–H and O–H groups in total. The highest BCUT2D eigenvalue weighted by Crippen LogP contribution is 2.28. The topological polar surface area (TPSA) is 77.3 Å². The highest BCUT2D eigenvalue weighted by Gasteiger charge is 2.23. The lowest BCUT2D eigenvalue weighted by atomic mass is 10.3. The van der Waals surface area contributed by atoms with Crippen LogP contribution in [0.15, 0.2) is 39.6 Å². The first kappa shape index (κ1) is 11.9. The lowest BCUT2D eigenvalue weighted by Gasteiger charge is -2.01. The zero-order valence-electron chi connectivity index (χ0n) is 7.38. The maximum Gasteiger partial charge on any atom is 0.288 e. The van der Waals surface area contributed by atoms with Crippen molar-refractivity contribution in [1.82, 2.24) is 0 Å². The van der Waals surface area contributed by atoms with Gasteiger partial charge in [-0.15, -0.1) is 0 Å². The number of nitrogens with zero attached hydrogens (tertiary/aromatic N) is 1. The van der Waals surface area contributed by atoms with Gasteiger partial charge in [0.1, 0.15) is 4.90 Å². The van der Waals surface area contributed by atoms with Crippen molar-refractivity contribution in [1.29, 1.82) is 0 Å². The lowest BCUT2D eigenvalue weighted by molar-refractivity contribution is -0.387. The van der Waals surface area contributed by atoms with Crippen LogP contribution in [0.4, 0.5) is 5.69 Å². The highest BCUT2D eigenvalue weighted by atomic mass is 79.9. The molecule has 1 aromatic carbocycles. The molecule has 0 aliphatic heterocycles. The predicted molar refractivity (Wildman–Crippen MR) is 58.2 cm³/mol. The van der Waals surface area contributed by atoms with E-state index >= 15 is 0 Å². The Morgan fingerprint density at radius 1 is 1.47 bits per heavy atom. The molecule has 0 amide bonds. The van der Waals surface area contributed by atoms with Gasteiger partial charge >= 0.3 is 0 Å². The first-order valence-electron chi connectivity index (χ1n) is 3.70. The van der Waals surface area contributed by atoms with E-state index in [4.69, 9.17) is 0 Å². The molecule has 0 fully saturated rings. The van der Waals surface area contributed by atoms with E-state index in [9.17, 15) is 18.5 Å². The van der Waals surface area contributed by atoms with Crippen molar-refractivity contribution in [2.24, 2.45) is 0 Å². The summed E-state index contributed by atoms with van der Waals surface area (Å²) in [6.45, 7) is 3.11. The SMILES string of the molecule is C=CS(=O)(=O)c1cc(Br)ccc1[N+](=O)[O-]. The Kier molecular flexibility index (Phi) is 3.25. The third-order valence-corrected chi connectivity index (χ3v) is 3.52. The fourth-order valence-electron chi connectivity index (χ4n) is 0.956. The van der Waals surface area contributed by atoms with Crippen LogP contribution in [0.2, 0.25) is 0 Å². The Balaban J connectivity index is 3.58. The van der Waals surface area contributed by atoms with Crippen LogP contribution in [0.1, 0.15) is 0 Å². The van der Waals surface area contributed by atoms with Gasteiger partial charge in [0.15, 0.2) is 0 Å². The smallest absolute Gasteiger partial charge is 0.258 e. The van der Waals surface area contributed by atoms with E-state index in [1.165, 1.54) is 12.1 Å². The molecule has 1 rings (SSSR count). The van der Waals surface area contributed by atoms with Crippen molar-refractivity contribution in [3.8, 4) is 0 Å². The molecule has 15 heavy (non-hydrogen) atoms. The summed E-state index contributed by atoms with van der Waals surface area (Å²) in [6.07, 6.45) is 0. The van der Waals surface area contributed by atoms with Crippen molar-refractivity contribution >= 4 is 31.5 Å². The van der Waals surface area contributed by atoms with Crippen LogP contribution in [-0.2, 0) is 9.84 Å². The molecule has 0 aromatic heterocycles. The molecule has 0 bridgehead atoms. The molecule has 80 valence electrons. The number of nitro benzene ring substituents is 1. The van der Waals surface area contributed by atoms with Gasteiger partial charge in [0.25, 0.3) is 5.69 Å². The molecule has 0 atom stereocenters. The highest BCUT2D eigenvalue weighted by molar-refractivity contribution is 9.10. The van der Waals surface area contributed by atoms with E-state index in [1.807, 2.05) is 0 Å². The molecule has 5 nitrogen and oxygen atoms in total. The maximum atomic E-state index is 11.4. The largest absolute Gasteiger partial charge is 0.288 e. The normalized spacial score (nSPS) is 11.0. The lowest BCUT2D eigenvalue weighted by Crippen LogP contribution is -2.01. The van der Waals surface area contributed by atoms with Gasteiger partial charge in [0.05, 0.1) is 4.92 Å². The van der Waals surface area contributed by atoms with E-state index in [2.05, 4.69) is 22.5 Å². The molecule has 0 saturated carbocycles. The predicted octanol–water partition coefficient (Wildman–Crippen LogP) is 2.27. The van der Waals surface area contributed by atoms with Gasteiger partial charge in [-0.2, -0.15) is 0 Å². The van der Waals surface area contributed by atoms with Crippen LogP contribution in [-0.4, -0.2) is 13.3 Å². The standard InChI is InChI=1S/C8H6BrNO4S/c1-2-15(13,14)8-5-6(9)3-4-7(8)10(11)12/h2-5H,1H2. The summed E-state index contributed by atoms with van der Waals surface area (Å²) >= 11 is 3.05. The van der Waals surface area contributed by atoms with Gasteiger partial charge in [-0.25, -0.2) is 8.42 Å². The van der Waals surface area contributed by atoms with Crippen LogP contribution >= 0.6 is 15.9 Å². The minimum Gasteiger partial charge on any atom is -0.258 e. The summed E-state index contributed by atoms with van der Waals surface area (Å²) < 4.78 is 23.3. The Bertz CT molecular complexity index is 523. The number of halogens is 1. The number of benzene rings is 1. The Labute approximate surface area is 94.6 Å². The summed E-state index contributed by atoms with van der Waals surface area (Å²) in [5.41, 5.74) is -0.460. The van der Waals surface area contributed by atoms with E-state index < -0.39 is 20.4 Å². The Morgan fingerprint density at radius 2 is 2.07 bits per heavy atom. The van der Waals surface area contributed by atoms with Crippen molar-refractivity contribution in [3.05, 3.63) is 44.8 Å². The monoisotopic (exact) mass is 291 g/mol. The van der Waals surface area contributed by atoms with Gasteiger partial charge in [-0.3, -0.25) is 10.1 Å². The first-order chi connectivity index (χ1) is 6.88. The third-order valence-electron chi connectivity index (χ3n) is 1.64. The number of sulfone groups is 1. The molecule has 0 heterocycles. The zero-order chi connectivity index (χ0) is 11.6. The second-order valence-electron chi connectivity index (χ2n) is 2.58. The zero-order valence-corrected chi connectivity index (χ0v) is 9.79. The van der Waals surface area contributed by atoms with Crippen molar-refractivity contribution in [3.63, 3.8) is 0 Å². The summed E-state index contributed by atoms with van der Waals surface area (Å²) in [5.74, 6) is 0. The minimum absolute atomic E-state index is 0.364.